The molecule has 0 saturated carbocycles. The van der Waals surface area contributed by atoms with Crippen molar-refractivity contribution in [3.8, 4) is 0 Å². The van der Waals surface area contributed by atoms with Crippen molar-refractivity contribution in [3.63, 3.8) is 0 Å². The lowest BCUT2D eigenvalue weighted by atomic mass is 9.88. The summed E-state index contributed by atoms with van der Waals surface area (Å²) in [4.78, 5) is 21.3. The number of benzene rings is 2. The van der Waals surface area contributed by atoms with Crippen molar-refractivity contribution >= 4 is 29.1 Å². The van der Waals surface area contributed by atoms with E-state index in [2.05, 4.69) is 41.0 Å². The number of anilines is 2. The number of nitrogens with zero attached hydrogens (tertiary/aromatic N) is 3. The molecule has 2 heterocycles. The minimum atomic E-state index is -2.92. The van der Waals surface area contributed by atoms with Crippen LogP contribution in [0.25, 0.3) is 10.9 Å². The zero-order valence-electron chi connectivity index (χ0n) is 24.9. The fraction of sp³-hybridized carbons (Fsp3) is 0.452. The third kappa shape index (κ3) is 10.0. The average Bonchev–Trinajstić information content (AvgIpc) is 2.97. The maximum absolute atomic E-state index is 15.0. The zero-order valence-corrected chi connectivity index (χ0v) is 24.9. The summed E-state index contributed by atoms with van der Waals surface area (Å²) in [6.07, 6.45) is 2.14. The van der Waals surface area contributed by atoms with Gasteiger partial charge in [-0.25, -0.2) is 22.5 Å². The summed E-state index contributed by atoms with van der Waals surface area (Å²) in [7, 11) is 1.61. The molecule has 0 aliphatic carbocycles. The number of hydrogen-bond acceptors (Lipinski definition) is 5. The van der Waals surface area contributed by atoms with Crippen LogP contribution in [0.5, 0.6) is 0 Å². The predicted molar refractivity (Wildman–Crippen MR) is 161 cm³/mol. The van der Waals surface area contributed by atoms with Crippen LogP contribution >= 0.6 is 0 Å². The van der Waals surface area contributed by atoms with Crippen molar-refractivity contribution in [2.24, 2.45) is 0 Å². The van der Waals surface area contributed by atoms with E-state index >= 15 is 0 Å². The van der Waals surface area contributed by atoms with E-state index in [9.17, 15) is 22.4 Å². The molecule has 1 aliphatic rings. The van der Waals surface area contributed by atoms with Gasteiger partial charge in [-0.05, 0) is 37.3 Å². The van der Waals surface area contributed by atoms with Crippen LogP contribution in [-0.2, 0) is 11.3 Å². The summed E-state index contributed by atoms with van der Waals surface area (Å²) in [5.41, 5.74) is 0.255. The second-order valence-electron chi connectivity index (χ2n) is 9.04. The number of piperidine rings is 1. The monoisotopic (exact) mass is 577 g/mol. The quantitative estimate of drug-likeness (QED) is 0.167. The van der Waals surface area contributed by atoms with Gasteiger partial charge in [-0.2, -0.15) is 4.98 Å². The van der Waals surface area contributed by atoms with E-state index in [1.165, 1.54) is 24.6 Å². The molecule has 6 nitrogen and oxygen atoms in total. The maximum Gasteiger partial charge on any atom is 0.266 e. The maximum atomic E-state index is 15.0. The number of alkyl halides is 2. The molecular formula is C31H43F4N5O. The number of aromatic nitrogens is 2. The average molecular weight is 578 g/mol. The highest BCUT2D eigenvalue weighted by Crippen LogP contribution is 2.34. The van der Waals surface area contributed by atoms with Crippen LogP contribution in [-0.4, -0.2) is 41.4 Å². The van der Waals surface area contributed by atoms with Gasteiger partial charge in [-0.15, -0.1) is 6.58 Å². The molecule has 1 fully saturated rings. The fourth-order valence-electron chi connectivity index (χ4n) is 4.13. The number of fused-ring (bicyclic) bond motifs is 1. The number of allylic oxidation sites excluding steroid dienone is 1. The first-order valence-electron chi connectivity index (χ1n) is 14.0. The van der Waals surface area contributed by atoms with Gasteiger partial charge in [0.15, 0.2) is 0 Å². The Balaban J connectivity index is 0.000000949. The molecule has 41 heavy (non-hydrogen) atoms. The van der Waals surface area contributed by atoms with E-state index in [1.54, 1.807) is 24.1 Å². The van der Waals surface area contributed by atoms with E-state index in [0.29, 0.717) is 48.2 Å². The van der Waals surface area contributed by atoms with Crippen molar-refractivity contribution in [1.29, 1.82) is 0 Å². The van der Waals surface area contributed by atoms with Crippen molar-refractivity contribution in [3.05, 3.63) is 71.3 Å². The van der Waals surface area contributed by atoms with Gasteiger partial charge in [-0.3, -0.25) is 4.79 Å². The van der Waals surface area contributed by atoms with Crippen LogP contribution < -0.4 is 10.6 Å². The van der Waals surface area contributed by atoms with Crippen molar-refractivity contribution in [2.45, 2.75) is 72.8 Å². The molecule has 10 heteroatoms. The van der Waals surface area contributed by atoms with Gasteiger partial charge in [0.1, 0.15) is 17.5 Å². The molecule has 4 rings (SSSR count). The molecule has 0 spiro atoms. The van der Waals surface area contributed by atoms with Gasteiger partial charge < -0.3 is 15.5 Å². The molecule has 1 aliphatic heterocycles. The molecule has 0 radical (unpaired) electrons. The molecule has 226 valence electrons. The van der Waals surface area contributed by atoms with Crippen molar-refractivity contribution in [2.75, 3.05) is 30.8 Å². The molecule has 1 amide bonds. The normalized spacial score (nSPS) is 12.7. The van der Waals surface area contributed by atoms with Gasteiger partial charge in [0, 0.05) is 43.7 Å². The summed E-state index contributed by atoms with van der Waals surface area (Å²) in [5, 5.41) is 6.34. The standard InChI is InChI=1S/C23H23F4N5O.C3H8.C3H6.C2H6/c1-28-23-30-19-10-18(24)16(13-5-7-32(12-33)8-6-13)9-17(19)22(31-23)29-11-14-3-2-4-15(20(14)25)21(26)27;2*1-3-2;1-2/h2-4,9-10,12-13,21H,5-8,11H2,1H3,(H2,28,29,30,31);3H2,1-2H3;3H,1H2,2H3;1-2H3. The molecule has 1 aromatic heterocycles. The van der Waals surface area contributed by atoms with E-state index in [4.69, 9.17) is 0 Å². The summed E-state index contributed by atoms with van der Waals surface area (Å²) < 4.78 is 55.5. The molecule has 0 bridgehead atoms. The Labute approximate surface area is 241 Å². The van der Waals surface area contributed by atoms with Gasteiger partial charge in [-0.1, -0.05) is 58.4 Å². The van der Waals surface area contributed by atoms with Gasteiger partial charge in [0.05, 0.1) is 11.1 Å². The lowest BCUT2D eigenvalue weighted by Gasteiger charge is -2.29. The van der Waals surface area contributed by atoms with Crippen LogP contribution in [0, 0.1) is 11.6 Å². The number of amides is 1. The smallest absolute Gasteiger partial charge is 0.266 e. The first-order chi connectivity index (χ1) is 19.7. The van der Waals surface area contributed by atoms with Crippen LogP contribution in [0.4, 0.5) is 29.3 Å². The molecule has 1 saturated heterocycles. The van der Waals surface area contributed by atoms with E-state index in [0.717, 1.165) is 12.5 Å². The second kappa shape index (κ2) is 18.6. The topological polar surface area (TPSA) is 70.2 Å². The zero-order chi connectivity index (χ0) is 30.9. The molecule has 0 atom stereocenters. The van der Waals surface area contributed by atoms with Crippen LogP contribution in [0.2, 0.25) is 0 Å². The molecule has 2 aromatic carbocycles. The van der Waals surface area contributed by atoms with Gasteiger partial charge >= 0.3 is 0 Å². The van der Waals surface area contributed by atoms with E-state index in [-0.39, 0.29) is 24.0 Å². The Morgan fingerprint density at radius 2 is 1.73 bits per heavy atom. The highest BCUT2D eigenvalue weighted by molar-refractivity contribution is 5.91. The Hall–Kier alpha value is -3.69. The Morgan fingerprint density at radius 3 is 2.27 bits per heavy atom. The van der Waals surface area contributed by atoms with E-state index < -0.39 is 23.6 Å². The minimum Gasteiger partial charge on any atom is -0.365 e. The number of likely N-dealkylation sites (tertiary alicyclic amines) is 1. The molecule has 0 unspecified atom stereocenters. The number of carbonyl (C=O) groups is 1. The summed E-state index contributed by atoms with van der Waals surface area (Å²) >= 11 is 0. The minimum absolute atomic E-state index is 0.0640. The Morgan fingerprint density at radius 1 is 1.12 bits per heavy atom. The lowest BCUT2D eigenvalue weighted by Crippen LogP contribution is -2.31. The largest absolute Gasteiger partial charge is 0.365 e. The summed E-state index contributed by atoms with van der Waals surface area (Å²) in [5.74, 6) is -0.867. The second-order valence-corrected chi connectivity index (χ2v) is 9.04. The van der Waals surface area contributed by atoms with Gasteiger partial charge in [0.25, 0.3) is 6.43 Å². The number of nitrogens with one attached hydrogen (secondary N) is 2. The highest BCUT2D eigenvalue weighted by Gasteiger charge is 2.24. The SMILES string of the molecule is C=CC.CC.CCC.CNc1nc(NCc2cccc(C(F)F)c2F)c2cc(C3CCN(C=O)CC3)c(F)cc2n1. The third-order valence-electron chi connectivity index (χ3n) is 5.95. The summed E-state index contributed by atoms with van der Waals surface area (Å²) in [6, 6.07) is 6.86. The van der Waals surface area contributed by atoms with Crippen molar-refractivity contribution < 1.29 is 22.4 Å². The van der Waals surface area contributed by atoms with E-state index in [1.807, 2.05) is 20.8 Å². The van der Waals surface area contributed by atoms with Crippen molar-refractivity contribution in [1.82, 2.24) is 14.9 Å². The van der Waals surface area contributed by atoms with Crippen LogP contribution in [0.3, 0.4) is 0 Å². The van der Waals surface area contributed by atoms with Crippen LogP contribution in [0.15, 0.2) is 43.0 Å². The number of hydrogen-bond donors (Lipinski definition) is 2. The number of rotatable bonds is 7. The Bertz CT molecular complexity index is 1230. The Kier molecular flexibility index (Phi) is 16.0. The fourth-order valence-corrected chi connectivity index (χ4v) is 4.13. The number of halogens is 4. The molecule has 3 aromatic rings. The predicted octanol–water partition coefficient (Wildman–Crippen LogP) is 8.47. The van der Waals surface area contributed by atoms with Crippen LogP contribution in [0.1, 0.15) is 82.9 Å². The lowest BCUT2D eigenvalue weighted by molar-refractivity contribution is -0.119. The first kappa shape index (κ1) is 35.3. The molecule has 2 N–H and O–H groups in total. The number of carbonyl (C=O) groups excluding carboxylic acids is 1. The summed E-state index contributed by atoms with van der Waals surface area (Å²) in [6.45, 7) is 14.5. The molecular weight excluding hydrogens is 534 g/mol. The third-order valence-corrected chi connectivity index (χ3v) is 5.95. The first-order valence-corrected chi connectivity index (χ1v) is 14.0. The van der Waals surface area contributed by atoms with Gasteiger partial charge in [0.2, 0.25) is 12.4 Å². The highest BCUT2D eigenvalue weighted by atomic mass is 19.3.